The zero-order valence-corrected chi connectivity index (χ0v) is 11.7. The van der Waals surface area contributed by atoms with Crippen molar-refractivity contribution < 1.29 is 0 Å². The van der Waals surface area contributed by atoms with Gasteiger partial charge in [0.15, 0.2) is 0 Å². The molecule has 0 aliphatic carbocycles. The minimum atomic E-state index is 0.661. The molecule has 0 bridgehead atoms. The van der Waals surface area contributed by atoms with Gasteiger partial charge in [0.1, 0.15) is 0 Å². The second-order valence-electron chi connectivity index (χ2n) is 4.72. The van der Waals surface area contributed by atoms with Crippen molar-refractivity contribution in [2.75, 3.05) is 0 Å². The first kappa shape index (κ1) is 12.9. The number of halogens is 1. The van der Waals surface area contributed by atoms with E-state index >= 15 is 0 Å². The molecule has 0 aliphatic heterocycles. The van der Waals surface area contributed by atoms with Crippen LogP contribution in [0.2, 0.25) is 5.02 Å². The van der Waals surface area contributed by atoms with Crippen LogP contribution in [-0.2, 0) is 6.42 Å². The summed E-state index contributed by atoms with van der Waals surface area (Å²) in [6.45, 7) is 0. The van der Waals surface area contributed by atoms with Gasteiger partial charge in [-0.3, -0.25) is 4.98 Å². The summed E-state index contributed by atoms with van der Waals surface area (Å²) in [5, 5.41) is 0.661. The molecule has 0 atom stereocenters. The Bertz CT molecular complexity index is 690. The SMILES string of the molecule is Clc1ccc(-c2cccc(Cc3ccccc3)c2)nc1. The highest BCUT2D eigenvalue weighted by atomic mass is 35.5. The summed E-state index contributed by atoms with van der Waals surface area (Å²) in [5.41, 5.74) is 4.67. The van der Waals surface area contributed by atoms with Crippen LogP contribution in [0.15, 0.2) is 72.9 Å². The molecule has 0 amide bonds. The van der Waals surface area contributed by atoms with E-state index in [9.17, 15) is 0 Å². The Labute approximate surface area is 123 Å². The fourth-order valence-electron chi connectivity index (χ4n) is 2.22. The Balaban J connectivity index is 1.88. The summed E-state index contributed by atoms with van der Waals surface area (Å²) in [4.78, 5) is 4.36. The van der Waals surface area contributed by atoms with Crippen LogP contribution < -0.4 is 0 Å². The van der Waals surface area contributed by atoms with Crippen LogP contribution in [0, 0.1) is 0 Å². The number of rotatable bonds is 3. The number of hydrogen-bond acceptors (Lipinski definition) is 1. The zero-order chi connectivity index (χ0) is 13.8. The summed E-state index contributed by atoms with van der Waals surface area (Å²) in [7, 11) is 0. The third-order valence-electron chi connectivity index (χ3n) is 3.20. The highest BCUT2D eigenvalue weighted by Gasteiger charge is 2.02. The average molecular weight is 280 g/mol. The third kappa shape index (κ3) is 3.06. The molecule has 20 heavy (non-hydrogen) atoms. The predicted molar refractivity (Wildman–Crippen MR) is 83.9 cm³/mol. The number of hydrogen-bond donors (Lipinski definition) is 0. The maximum Gasteiger partial charge on any atom is 0.0703 e. The van der Waals surface area contributed by atoms with E-state index < -0.39 is 0 Å². The third-order valence-corrected chi connectivity index (χ3v) is 3.42. The average Bonchev–Trinajstić information content (AvgIpc) is 2.49. The molecule has 0 saturated heterocycles. The molecule has 0 unspecified atom stereocenters. The molecule has 3 rings (SSSR count). The lowest BCUT2D eigenvalue weighted by atomic mass is 10.0. The van der Waals surface area contributed by atoms with Gasteiger partial charge in [-0.15, -0.1) is 0 Å². The smallest absolute Gasteiger partial charge is 0.0703 e. The Morgan fingerprint density at radius 3 is 2.35 bits per heavy atom. The van der Waals surface area contributed by atoms with E-state index in [2.05, 4.69) is 53.5 Å². The molecule has 0 aliphatic rings. The van der Waals surface area contributed by atoms with Gasteiger partial charge < -0.3 is 0 Å². The minimum absolute atomic E-state index is 0.661. The lowest BCUT2D eigenvalue weighted by Crippen LogP contribution is -1.89. The van der Waals surface area contributed by atoms with Gasteiger partial charge in [0.2, 0.25) is 0 Å². The van der Waals surface area contributed by atoms with E-state index in [1.807, 2.05) is 18.2 Å². The summed E-state index contributed by atoms with van der Waals surface area (Å²) < 4.78 is 0. The van der Waals surface area contributed by atoms with Crippen molar-refractivity contribution in [2.24, 2.45) is 0 Å². The Hall–Kier alpha value is -2.12. The normalized spacial score (nSPS) is 10.4. The van der Waals surface area contributed by atoms with Crippen LogP contribution in [0.1, 0.15) is 11.1 Å². The van der Waals surface area contributed by atoms with Crippen molar-refractivity contribution in [3.8, 4) is 11.3 Å². The maximum atomic E-state index is 5.88. The van der Waals surface area contributed by atoms with E-state index in [4.69, 9.17) is 11.6 Å². The second-order valence-corrected chi connectivity index (χ2v) is 5.16. The quantitative estimate of drug-likeness (QED) is 0.658. The van der Waals surface area contributed by atoms with E-state index in [0.29, 0.717) is 5.02 Å². The molecule has 0 spiro atoms. The first-order valence-corrected chi connectivity index (χ1v) is 6.94. The summed E-state index contributed by atoms with van der Waals surface area (Å²) >= 11 is 5.88. The van der Waals surface area contributed by atoms with Gasteiger partial charge in [-0.05, 0) is 35.7 Å². The van der Waals surface area contributed by atoms with E-state index in [1.54, 1.807) is 6.20 Å². The Morgan fingerprint density at radius 2 is 1.60 bits per heavy atom. The fourth-order valence-corrected chi connectivity index (χ4v) is 2.33. The summed E-state index contributed by atoms with van der Waals surface area (Å²) in [6.07, 6.45) is 2.61. The molecular formula is C18H14ClN. The van der Waals surface area contributed by atoms with Crippen LogP contribution in [-0.4, -0.2) is 4.98 Å². The molecule has 1 aromatic heterocycles. The molecule has 0 fully saturated rings. The second kappa shape index (κ2) is 5.89. The van der Waals surface area contributed by atoms with E-state index in [0.717, 1.165) is 17.7 Å². The molecule has 2 aromatic carbocycles. The molecule has 0 radical (unpaired) electrons. The van der Waals surface area contributed by atoms with Gasteiger partial charge in [-0.2, -0.15) is 0 Å². The van der Waals surface area contributed by atoms with Gasteiger partial charge in [-0.1, -0.05) is 60.1 Å². The Morgan fingerprint density at radius 1 is 0.800 bits per heavy atom. The first-order valence-electron chi connectivity index (χ1n) is 6.56. The van der Waals surface area contributed by atoms with Crippen molar-refractivity contribution >= 4 is 11.6 Å². The lowest BCUT2D eigenvalue weighted by molar-refractivity contribution is 1.19. The highest BCUT2D eigenvalue weighted by molar-refractivity contribution is 6.30. The molecule has 0 saturated carbocycles. The first-order chi connectivity index (χ1) is 9.81. The van der Waals surface area contributed by atoms with Gasteiger partial charge in [0.05, 0.1) is 10.7 Å². The van der Waals surface area contributed by atoms with Crippen molar-refractivity contribution in [2.45, 2.75) is 6.42 Å². The number of pyridine rings is 1. The van der Waals surface area contributed by atoms with Crippen molar-refractivity contribution in [1.29, 1.82) is 0 Å². The van der Waals surface area contributed by atoms with Gasteiger partial charge in [0, 0.05) is 11.8 Å². The largest absolute Gasteiger partial charge is 0.255 e. The van der Waals surface area contributed by atoms with Crippen LogP contribution in [0.5, 0.6) is 0 Å². The fraction of sp³-hybridized carbons (Fsp3) is 0.0556. The van der Waals surface area contributed by atoms with Crippen LogP contribution in [0.3, 0.4) is 0 Å². The van der Waals surface area contributed by atoms with Crippen LogP contribution >= 0.6 is 11.6 Å². The number of benzene rings is 2. The van der Waals surface area contributed by atoms with Gasteiger partial charge in [-0.25, -0.2) is 0 Å². The molecule has 1 heterocycles. The standard InChI is InChI=1S/C18H14ClN/c19-17-9-10-18(20-13-17)16-8-4-7-15(12-16)11-14-5-2-1-3-6-14/h1-10,12-13H,11H2. The van der Waals surface area contributed by atoms with Gasteiger partial charge in [0.25, 0.3) is 0 Å². The van der Waals surface area contributed by atoms with Crippen molar-refractivity contribution in [3.63, 3.8) is 0 Å². The van der Waals surface area contributed by atoms with E-state index in [1.165, 1.54) is 11.1 Å². The van der Waals surface area contributed by atoms with Crippen LogP contribution in [0.25, 0.3) is 11.3 Å². The van der Waals surface area contributed by atoms with Crippen molar-refractivity contribution in [1.82, 2.24) is 4.98 Å². The Kier molecular flexibility index (Phi) is 3.80. The topological polar surface area (TPSA) is 12.9 Å². The van der Waals surface area contributed by atoms with Crippen molar-refractivity contribution in [3.05, 3.63) is 89.1 Å². The summed E-state index contributed by atoms with van der Waals surface area (Å²) in [5.74, 6) is 0. The molecule has 98 valence electrons. The molecule has 1 nitrogen and oxygen atoms in total. The molecule has 2 heteroatoms. The number of nitrogens with zero attached hydrogens (tertiary/aromatic N) is 1. The van der Waals surface area contributed by atoms with Crippen LogP contribution in [0.4, 0.5) is 0 Å². The summed E-state index contributed by atoms with van der Waals surface area (Å²) in [6, 6.07) is 22.8. The predicted octanol–water partition coefficient (Wildman–Crippen LogP) is 4.99. The molecule has 3 aromatic rings. The van der Waals surface area contributed by atoms with Gasteiger partial charge >= 0.3 is 0 Å². The highest BCUT2D eigenvalue weighted by Crippen LogP contribution is 2.21. The molecule has 0 N–H and O–H groups in total. The monoisotopic (exact) mass is 279 g/mol. The maximum absolute atomic E-state index is 5.88. The number of aromatic nitrogens is 1. The minimum Gasteiger partial charge on any atom is -0.255 e. The molecular weight excluding hydrogens is 266 g/mol. The lowest BCUT2D eigenvalue weighted by Gasteiger charge is -2.05. The van der Waals surface area contributed by atoms with E-state index in [-0.39, 0.29) is 0 Å². The zero-order valence-electron chi connectivity index (χ0n) is 11.0.